The number of pyridine rings is 1. The summed E-state index contributed by atoms with van der Waals surface area (Å²) < 4.78 is 5.83. The van der Waals surface area contributed by atoms with E-state index in [0.29, 0.717) is 19.0 Å². The van der Waals surface area contributed by atoms with Crippen LogP contribution in [0, 0.1) is 6.92 Å². The van der Waals surface area contributed by atoms with Crippen molar-refractivity contribution in [2.75, 3.05) is 13.1 Å². The van der Waals surface area contributed by atoms with Crippen LogP contribution in [0.5, 0.6) is 5.88 Å². The van der Waals surface area contributed by atoms with Crippen LogP contribution in [0.25, 0.3) is 0 Å². The van der Waals surface area contributed by atoms with E-state index in [1.54, 1.807) is 23.4 Å². The lowest BCUT2D eigenvalue weighted by atomic mass is 10.3. The molecule has 1 aliphatic rings. The van der Waals surface area contributed by atoms with E-state index in [9.17, 15) is 4.79 Å². The quantitative estimate of drug-likeness (QED) is 0.854. The fraction of sp³-hybridized carbons (Fsp3) is 0.333. The molecule has 3 heterocycles. The number of nitrogens with zero attached hydrogens (tertiary/aromatic N) is 4. The Labute approximate surface area is 122 Å². The Kier molecular flexibility index (Phi) is 3.77. The summed E-state index contributed by atoms with van der Waals surface area (Å²) in [4.78, 5) is 26.2. The van der Waals surface area contributed by atoms with Gasteiger partial charge < -0.3 is 9.64 Å². The van der Waals surface area contributed by atoms with Crippen LogP contribution >= 0.6 is 0 Å². The lowest BCUT2D eigenvalue weighted by Crippen LogP contribution is -2.32. The number of aromatic nitrogens is 3. The third kappa shape index (κ3) is 3.16. The highest BCUT2D eigenvalue weighted by molar-refractivity contribution is 5.90. The molecule has 21 heavy (non-hydrogen) atoms. The number of hydrogen-bond acceptors (Lipinski definition) is 5. The SMILES string of the molecule is Cc1cccc(OC2CCN(C(=O)c3ncccn3)C2)n1. The summed E-state index contributed by atoms with van der Waals surface area (Å²) in [6.45, 7) is 3.10. The highest BCUT2D eigenvalue weighted by Crippen LogP contribution is 2.17. The Morgan fingerprint density at radius 3 is 2.86 bits per heavy atom. The Hall–Kier alpha value is -2.50. The number of amides is 1. The van der Waals surface area contributed by atoms with Crippen molar-refractivity contribution in [2.45, 2.75) is 19.4 Å². The first-order valence-corrected chi connectivity index (χ1v) is 6.89. The van der Waals surface area contributed by atoms with E-state index in [0.717, 1.165) is 12.1 Å². The standard InChI is InChI=1S/C15H16N4O2/c1-11-4-2-5-13(18-11)21-12-6-9-19(10-12)15(20)14-16-7-3-8-17-14/h2-5,7-8,12H,6,9-10H2,1H3. The first-order chi connectivity index (χ1) is 10.2. The molecule has 0 aromatic carbocycles. The molecule has 108 valence electrons. The Morgan fingerprint density at radius 1 is 1.29 bits per heavy atom. The van der Waals surface area contributed by atoms with Crippen LogP contribution in [0.2, 0.25) is 0 Å². The minimum Gasteiger partial charge on any atom is -0.472 e. The predicted octanol–water partition coefficient (Wildman–Crippen LogP) is 1.47. The largest absolute Gasteiger partial charge is 0.472 e. The molecular formula is C15H16N4O2. The fourth-order valence-electron chi connectivity index (χ4n) is 2.31. The van der Waals surface area contributed by atoms with Crippen LogP contribution in [0.3, 0.4) is 0 Å². The van der Waals surface area contributed by atoms with Gasteiger partial charge in [-0.15, -0.1) is 0 Å². The summed E-state index contributed by atoms with van der Waals surface area (Å²) in [5.41, 5.74) is 0.913. The van der Waals surface area contributed by atoms with Crippen LogP contribution in [0.1, 0.15) is 22.7 Å². The Morgan fingerprint density at radius 2 is 2.10 bits per heavy atom. The Bertz CT molecular complexity index is 633. The lowest BCUT2D eigenvalue weighted by molar-refractivity contribution is 0.0759. The van der Waals surface area contributed by atoms with Crippen molar-refractivity contribution in [1.82, 2.24) is 19.9 Å². The van der Waals surface area contributed by atoms with Gasteiger partial charge in [-0.2, -0.15) is 0 Å². The molecule has 6 heteroatoms. The molecule has 1 unspecified atom stereocenters. The van der Waals surface area contributed by atoms with E-state index in [4.69, 9.17) is 4.74 Å². The zero-order chi connectivity index (χ0) is 14.7. The molecule has 0 radical (unpaired) electrons. The maximum absolute atomic E-state index is 12.2. The number of carbonyl (C=O) groups excluding carboxylic acids is 1. The van der Waals surface area contributed by atoms with E-state index < -0.39 is 0 Å². The molecule has 0 saturated carbocycles. The molecule has 6 nitrogen and oxygen atoms in total. The molecule has 0 spiro atoms. The summed E-state index contributed by atoms with van der Waals surface area (Å²) in [6, 6.07) is 7.35. The Balaban J connectivity index is 1.62. The second kappa shape index (κ2) is 5.87. The third-order valence-corrected chi connectivity index (χ3v) is 3.34. The van der Waals surface area contributed by atoms with Crippen molar-refractivity contribution in [3.63, 3.8) is 0 Å². The number of carbonyl (C=O) groups is 1. The summed E-state index contributed by atoms with van der Waals surface area (Å²) in [5.74, 6) is 0.677. The molecule has 1 aliphatic heterocycles. The molecule has 0 aliphatic carbocycles. The van der Waals surface area contributed by atoms with Gasteiger partial charge in [-0.3, -0.25) is 4.79 Å². The molecule has 2 aromatic rings. The van der Waals surface area contributed by atoms with Gasteiger partial charge in [-0.05, 0) is 19.1 Å². The third-order valence-electron chi connectivity index (χ3n) is 3.34. The number of ether oxygens (including phenoxy) is 1. The van der Waals surface area contributed by atoms with E-state index >= 15 is 0 Å². The first-order valence-electron chi connectivity index (χ1n) is 6.89. The van der Waals surface area contributed by atoms with Gasteiger partial charge in [-0.25, -0.2) is 15.0 Å². The number of hydrogen-bond donors (Lipinski definition) is 0. The van der Waals surface area contributed by atoms with Crippen molar-refractivity contribution in [1.29, 1.82) is 0 Å². The normalized spacial score (nSPS) is 17.8. The van der Waals surface area contributed by atoms with E-state index in [1.807, 2.05) is 25.1 Å². The summed E-state index contributed by atoms with van der Waals surface area (Å²) in [7, 11) is 0. The van der Waals surface area contributed by atoms with Crippen LogP contribution in [-0.2, 0) is 0 Å². The number of likely N-dealkylation sites (tertiary alicyclic amines) is 1. The van der Waals surface area contributed by atoms with E-state index in [1.165, 1.54) is 0 Å². The molecule has 1 amide bonds. The number of rotatable bonds is 3. The maximum Gasteiger partial charge on any atom is 0.291 e. The highest BCUT2D eigenvalue weighted by Gasteiger charge is 2.29. The molecule has 1 saturated heterocycles. The van der Waals surface area contributed by atoms with Crippen molar-refractivity contribution < 1.29 is 9.53 Å². The average molecular weight is 284 g/mol. The number of aryl methyl sites for hydroxylation is 1. The van der Waals surface area contributed by atoms with Crippen molar-refractivity contribution in [2.24, 2.45) is 0 Å². The fourth-order valence-corrected chi connectivity index (χ4v) is 2.31. The molecule has 1 atom stereocenters. The van der Waals surface area contributed by atoms with Gasteiger partial charge in [0.25, 0.3) is 5.91 Å². The van der Waals surface area contributed by atoms with Crippen LogP contribution in [0.15, 0.2) is 36.7 Å². The lowest BCUT2D eigenvalue weighted by Gasteiger charge is -2.16. The van der Waals surface area contributed by atoms with Crippen LogP contribution in [0.4, 0.5) is 0 Å². The topological polar surface area (TPSA) is 68.2 Å². The van der Waals surface area contributed by atoms with Crippen molar-refractivity contribution >= 4 is 5.91 Å². The van der Waals surface area contributed by atoms with Crippen molar-refractivity contribution in [3.05, 3.63) is 48.2 Å². The van der Waals surface area contributed by atoms with Gasteiger partial charge in [0.2, 0.25) is 11.7 Å². The van der Waals surface area contributed by atoms with Crippen LogP contribution in [-0.4, -0.2) is 45.0 Å². The summed E-state index contributed by atoms with van der Waals surface area (Å²) in [6.07, 6.45) is 3.89. The maximum atomic E-state index is 12.2. The molecular weight excluding hydrogens is 268 g/mol. The van der Waals surface area contributed by atoms with Gasteiger partial charge >= 0.3 is 0 Å². The molecule has 0 bridgehead atoms. The average Bonchev–Trinajstić information content (AvgIpc) is 2.96. The molecule has 3 rings (SSSR count). The predicted molar refractivity (Wildman–Crippen MR) is 75.9 cm³/mol. The van der Waals surface area contributed by atoms with E-state index in [-0.39, 0.29) is 17.8 Å². The molecule has 0 N–H and O–H groups in total. The second-order valence-electron chi connectivity index (χ2n) is 4.97. The second-order valence-corrected chi connectivity index (χ2v) is 4.97. The van der Waals surface area contributed by atoms with Crippen molar-refractivity contribution in [3.8, 4) is 5.88 Å². The van der Waals surface area contributed by atoms with Gasteiger partial charge in [0.1, 0.15) is 6.10 Å². The van der Waals surface area contributed by atoms with Gasteiger partial charge in [0.05, 0.1) is 6.54 Å². The van der Waals surface area contributed by atoms with Gasteiger partial charge in [0.15, 0.2) is 0 Å². The highest BCUT2D eigenvalue weighted by atomic mass is 16.5. The van der Waals surface area contributed by atoms with E-state index in [2.05, 4.69) is 15.0 Å². The zero-order valence-corrected chi connectivity index (χ0v) is 11.8. The molecule has 2 aromatic heterocycles. The van der Waals surface area contributed by atoms with Crippen LogP contribution < -0.4 is 4.74 Å². The summed E-state index contributed by atoms with van der Waals surface area (Å²) in [5, 5.41) is 0. The monoisotopic (exact) mass is 284 g/mol. The van der Waals surface area contributed by atoms with Gasteiger partial charge in [0, 0.05) is 37.1 Å². The van der Waals surface area contributed by atoms with Gasteiger partial charge in [-0.1, -0.05) is 6.07 Å². The minimum absolute atomic E-state index is 0.0352. The first kappa shape index (κ1) is 13.5. The summed E-state index contributed by atoms with van der Waals surface area (Å²) >= 11 is 0. The molecule has 1 fully saturated rings. The zero-order valence-electron chi connectivity index (χ0n) is 11.8. The minimum atomic E-state index is -0.154. The smallest absolute Gasteiger partial charge is 0.291 e.